The second-order valence-corrected chi connectivity index (χ2v) is 6.12. The maximum atomic E-state index is 11.7. The van der Waals surface area contributed by atoms with Crippen molar-refractivity contribution in [2.45, 2.75) is 25.5 Å². The molecule has 0 aliphatic carbocycles. The molecule has 0 aliphatic rings. The third-order valence-electron chi connectivity index (χ3n) is 1.81. The predicted molar refractivity (Wildman–Crippen MR) is 66.3 cm³/mol. The van der Waals surface area contributed by atoms with E-state index in [0.717, 1.165) is 0 Å². The van der Waals surface area contributed by atoms with Crippen LogP contribution in [0.15, 0.2) is 22.7 Å². The lowest BCUT2D eigenvalue weighted by Gasteiger charge is -2.17. The summed E-state index contributed by atoms with van der Waals surface area (Å²) in [4.78, 5) is 4.09. The van der Waals surface area contributed by atoms with Gasteiger partial charge in [0, 0.05) is 6.20 Å². The zero-order valence-corrected chi connectivity index (χ0v) is 10.7. The highest BCUT2D eigenvalue weighted by Gasteiger charge is 2.25. The van der Waals surface area contributed by atoms with E-state index in [-0.39, 0.29) is 4.75 Å². The molecule has 0 saturated carbocycles. The molecule has 0 aliphatic heterocycles. The van der Waals surface area contributed by atoms with Crippen LogP contribution in [0.25, 0.3) is 0 Å². The summed E-state index contributed by atoms with van der Waals surface area (Å²) < 4.78 is 20.4. The third-order valence-corrected chi connectivity index (χ3v) is 3.16. The summed E-state index contributed by atoms with van der Waals surface area (Å²) in [6, 6.07) is 3.56. The SMILES string of the molecule is COc1cccnc1/C=N/[S+]([O-])C(C)(C)C. The van der Waals surface area contributed by atoms with Gasteiger partial charge in [0.2, 0.25) is 0 Å². The highest BCUT2D eigenvalue weighted by molar-refractivity contribution is 7.91. The third kappa shape index (κ3) is 3.50. The molecule has 88 valence electrons. The fourth-order valence-corrected chi connectivity index (χ4v) is 1.44. The van der Waals surface area contributed by atoms with E-state index in [1.54, 1.807) is 25.4 Å². The molecular weight excluding hydrogens is 224 g/mol. The molecule has 0 spiro atoms. The molecule has 0 amide bonds. The quantitative estimate of drug-likeness (QED) is 0.599. The van der Waals surface area contributed by atoms with Gasteiger partial charge in [0.15, 0.2) is 0 Å². The second-order valence-electron chi connectivity index (χ2n) is 4.19. The second kappa shape index (κ2) is 5.32. The van der Waals surface area contributed by atoms with Crippen LogP contribution in [0, 0.1) is 0 Å². The number of hydrogen-bond donors (Lipinski definition) is 0. The first kappa shape index (κ1) is 13.0. The van der Waals surface area contributed by atoms with Crippen molar-refractivity contribution in [2.75, 3.05) is 7.11 Å². The van der Waals surface area contributed by atoms with Crippen molar-refractivity contribution in [3.05, 3.63) is 24.0 Å². The summed E-state index contributed by atoms with van der Waals surface area (Å²) in [7, 11) is 1.56. The highest BCUT2D eigenvalue weighted by Crippen LogP contribution is 2.18. The van der Waals surface area contributed by atoms with Gasteiger partial charge in [-0.2, -0.15) is 0 Å². The summed E-state index contributed by atoms with van der Waals surface area (Å²) >= 11 is -1.27. The van der Waals surface area contributed by atoms with Crippen molar-refractivity contribution >= 4 is 17.6 Å². The van der Waals surface area contributed by atoms with E-state index in [0.29, 0.717) is 11.4 Å². The van der Waals surface area contributed by atoms with Crippen molar-refractivity contribution in [3.63, 3.8) is 0 Å². The number of methoxy groups -OCH3 is 1. The van der Waals surface area contributed by atoms with Gasteiger partial charge in [-0.3, -0.25) is 4.98 Å². The molecule has 1 unspecified atom stereocenters. The molecule has 0 radical (unpaired) electrons. The van der Waals surface area contributed by atoms with Crippen LogP contribution in [0.4, 0.5) is 0 Å². The summed E-state index contributed by atoms with van der Waals surface area (Å²) in [5, 5.41) is 0. The molecule has 5 heteroatoms. The molecule has 16 heavy (non-hydrogen) atoms. The molecule has 1 aromatic heterocycles. The predicted octanol–water partition coefficient (Wildman–Crippen LogP) is 1.97. The number of ether oxygens (including phenoxy) is 1. The minimum Gasteiger partial charge on any atom is -0.591 e. The Labute approximate surface area is 99.1 Å². The van der Waals surface area contributed by atoms with Crippen molar-refractivity contribution in [3.8, 4) is 5.75 Å². The Morgan fingerprint density at radius 2 is 2.19 bits per heavy atom. The first-order valence-electron chi connectivity index (χ1n) is 4.90. The Morgan fingerprint density at radius 1 is 1.50 bits per heavy atom. The van der Waals surface area contributed by atoms with Gasteiger partial charge in [0.05, 0.1) is 7.11 Å². The van der Waals surface area contributed by atoms with Crippen LogP contribution in [-0.2, 0) is 11.4 Å². The summed E-state index contributed by atoms with van der Waals surface area (Å²) in [5.41, 5.74) is 0.586. The van der Waals surface area contributed by atoms with Gasteiger partial charge in [-0.05, 0) is 32.9 Å². The first-order valence-corrected chi connectivity index (χ1v) is 6.01. The topological polar surface area (TPSA) is 57.5 Å². The van der Waals surface area contributed by atoms with Crippen molar-refractivity contribution < 1.29 is 9.29 Å². The molecule has 0 aromatic carbocycles. The largest absolute Gasteiger partial charge is 0.591 e. The van der Waals surface area contributed by atoms with Gasteiger partial charge < -0.3 is 9.29 Å². The van der Waals surface area contributed by atoms with Crippen LogP contribution in [0.3, 0.4) is 0 Å². The molecule has 1 heterocycles. The minimum atomic E-state index is -1.27. The summed E-state index contributed by atoms with van der Waals surface area (Å²) in [5.74, 6) is 0.622. The zero-order valence-electron chi connectivity index (χ0n) is 9.93. The van der Waals surface area contributed by atoms with Gasteiger partial charge in [0.25, 0.3) is 0 Å². The number of aromatic nitrogens is 1. The van der Waals surface area contributed by atoms with E-state index < -0.39 is 11.4 Å². The average molecular weight is 240 g/mol. The highest BCUT2D eigenvalue weighted by atomic mass is 32.2. The number of hydrogen-bond acceptors (Lipinski definition) is 4. The van der Waals surface area contributed by atoms with E-state index >= 15 is 0 Å². The van der Waals surface area contributed by atoms with E-state index in [1.165, 1.54) is 6.21 Å². The van der Waals surface area contributed by atoms with Crippen molar-refractivity contribution in [1.82, 2.24) is 4.98 Å². The van der Waals surface area contributed by atoms with Crippen LogP contribution in [0.5, 0.6) is 5.75 Å². The van der Waals surface area contributed by atoms with E-state index in [1.807, 2.05) is 20.8 Å². The number of pyridine rings is 1. The van der Waals surface area contributed by atoms with Crippen molar-refractivity contribution in [1.29, 1.82) is 0 Å². The van der Waals surface area contributed by atoms with E-state index in [2.05, 4.69) is 9.38 Å². The van der Waals surface area contributed by atoms with Crippen LogP contribution in [0.1, 0.15) is 26.5 Å². The standard InChI is InChI=1S/C11H16N2O2S/c1-11(2,3)16(14)13-8-9-10(15-4)6-5-7-12-9/h5-8H,1-4H3/b13-8+. The van der Waals surface area contributed by atoms with Crippen LogP contribution in [-0.4, -0.2) is 27.6 Å². The Balaban J connectivity index is 2.84. The van der Waals surface area contributed by atoms with Gasteiger partial charge >= 0.3 is 0 Å². The van der Waals surface area contributed by atoms with Gasteiger partial charge in [-0.15, -0.1) is 0 Å². The number of rotatable bonds is 3. The Kier molecular flexibility index (Phi) is 4.32. The molecule has 4 nitrogen and oxygen atoms in total. The Bertz CT molecular complexity index is 374. The van der Waals surface area contributed by atoms with Crippen LogP contribution in [0.2, 0.25) is 0 Å². The molecule has 0 bridgehead atoms. The van der Waals surface area contributed by atoms with E-state index in [4.69, 9.17) is 4.74 Å². The van der Waals surface area contributed by atoms with E-state index in [9.17, 15) is 4.55 Å². The van der Waals surface area contributed by atoms with Gasteiger partial charge in [-0.25, -0.2) is 0 Å². The van der Waals surface area contributed by atoms with Gasteiger partial charge in [0.1, 0.15) is 33.8 Å². The molecule has 1 aromatic rings. The molecule has 1 rings (SSSR count). The van der Waals surface area contributed by atoms with Gasteiger partial charge in [-0.1, -0.05) is 4.40 Å². The Morgan fingerprint density at radius 3 is 2.75 bits per heavy atom. The molecule has 0 fully saturated rings. The molecular formula is C11H16N2O2S. The van der Waals surface area contributed by atoms with Crippen LogP contribution >= 0.6 is 0 Å². The summed E-state index contributed by atoms with van der Waals surface area (Å²) in [6.45, 7) is 5.61. The average Bonchev–Trinajstić information content (AvgIpc) is 2.24. The molecule has 0 N–H and O–H groups in total. The zero-order chi connectivity index (χ0) is 12.2. The summed E-state index contributed by atoms with van der Waals surface area (Å²) in [6.07, 6.45) is 3.13. The molecule has 1 atom stereocenters. The Hall–Kier alpha value is -1.07. The maximum absolute atomic E-state index is 11.7. The lowest BCUT2D eigenvalue weighted by molar-refractivity contribution is 0.412. The monoisotopic (exact) mass is 240 g/mol. The lowest BCUT2D eigenvalue weighted by atomic mass is 10.3. The van der Waals surface area contributed by atoms with Crippen molar-refractivity contribution in [2.24, 2.45) is 4.40 Å². The van der Waals surface area contributed by atoms with Crippen LogP contribution < -0.4 is 4.74 Å². The lowest BCUT2D eigenvalue weighted by Crippen LogP contribution is -2.25. The fraction of sp³-hybridized carbons (Fsp3) is 0.455. The minimum absolute atomic E-state index is 0.363. The smallest absolute Gasteiger partial charge is 0.146 e. The maximum Gasteiger partial charge on any atom is 0.146 e. The first-order chi connectivity index (χ1) is 7.45. The molecule has 0 saturated heterocycles. The normalized spacial score (nSPS) is 14.1. The fourth-order valence-electron chi connectivity index (χ4n) is 0.928. The number of nitrogens with zero attached hydrogens (tertiary/aromatic N) is 2.